The second-order valence-corrected chi connectivity index (χ2v) is 4.83. The first-order valence-corrected chi connectivity index (χ1v) is 5.71. The Balaban J connectivity index is 3.09. The molecule has 1 aromatic carbocycles. The number of nitrogens with zero attached hydrogens (tertiary/aromatic N) is 1. The Morgan fingerprint density at radius 1 is 1.33 bits per heavy atom. The fourth-order valence-corrected chi connectivity index (χ4v) is 1.78. The summed E-state index contributed by atoms with van der Waals surface area (Å²) in [6, 6.07) is 4.48. The van der Waals surface area contributed by atoms with Gasteiger partial charge in [0.25, 0.3) is 0 Å². The lowest BCUT2D eigenvalue weighted by atomic mass is 10.3. The van der Waals surface area contributed by atoms with E-state index in [4.69, 9.17) is 10.9 Å². The third-order valence-electron chi connectivity index (χ3n) is 1.67. The Morgan fingerprint density at radius 3 is 2.33 bits per heavy atom. The molecule has 0 saturated heterocycles. The molecule has 6 nitrogen and oxygen atoms in total. The second kappa shape index (κ2) is 4.05. The van der Waals surface area contributed by atoms with Crippen molar-refractivity contribution in [2.45, 2.75) is 4.90 Å². The summed E-state index contributed by atoms with van der Waals surface area (Å²) >= 11 is 0. The molecule has 0 fully saturated rings. The van der Waals surface area contributed by atoms with Gasteiger partial charge >= 0.3 is 0 Å². The minimum Gasteiger partial charge on any atom is -0.398 e. The molecular formula is C8H14N4O2S. The predicted molar refractivity (Wildman–Crippen MR) is 59.5 cm³/mol. The van der Waals surface area contributed by atoms with Gasteiger partial charge in [-0.15, -0.1) is 0 Å². The van der Waals surface area contributed by atoms with E-state index in [0.29, 0.717) is 5.69 Å². The van der Waals surface area contributed by atoms with Crippen molar-refractivity contribution in [1.29, 1.82) is 0 Å². The molecular weight excluding hydrogens is 216 g/mol. The Hall–Kier alpha value is -1.31. The van der Waals surface area contributed by atoms with E-state index in [1.165, 1.54) is 12.1 Å². The molecule has 84 valence electrons. The predicted octanol–water partition coefficient (Wildman–Crippen LogP) is -0.195. The molecule has 0 bridgehead atoms. The number of sulfonamides is 1. The zero-order valence-corrected chi connectivity index (χ0v) is 9.38. The summed E-state index contributed by atoms with van der Waals surface area (Å²) in [6.45, 7) is 0. The third kappa shape index (κ3) is 3.08. The van der Waals surface area contributed by atoms with Crippen LogP contribution in [0.1, 0.15) is 0 Å². The fraction of sp³-hybridized carbons (Fsp3) is 0.250. The van der Waals surface area contributed by atoms with Crippen LogP contribution in [-0.4, -0.2) is 27.5 Å². The van der Waals surface area contributed by atoms with Crippen molar-refractivity contribution in [2.75, 3.05) is 25.3 Å². The SMILES string of the molecule is CN(C)Nc1ccc(S(N)(=O)=O)c(N)c1. The van der Waals surface area contributed by atoms with Crippen LogP contribution in [-0.2, 0) is 10.0 Å². The number of nitrogens with two attached hydrogens (primary N) is 2. The van der Waals surface area contributed by atoms with Gasteiger partial charge in [-0.2, -0.15) is 0 Å². The molecule has 1 rings (SSSR count). The van der Waals surface area contributed by atoms with E-state index in [1.54, 1.807) is 11.1 Å². The van der Waals surface area contributed by atoms with Gasteiger partial charge < -0.3 is 11.2 Å². The highest BCUT2D eigenvalue weighted by Gasteiger charge is 2.12. The zero-order chi connectivity index (χ0) is 11.6. The van der Waals surface area contributed by atoms with Crippen LogP contribution in [0.2, 0.25) is 0 Å². The van der Waals surface area contributed by atoms with Gasteiger partial charge in [0, 0.05) is 14.1 Å². The number of hydrogen-bond acceptors (Lipinski definition) is 5. The maximum absolute atomic E-state index is 11.1. The van der Waals surface area contributed by atoms with Crippen LogP contribution in [0.3, 0.4) is 0 Å². The van der Waals surface area contributed by atoms with Gasteiger partial charge in [0.05, 0.1) is 11.4 Å². The lowest BCUT2D eigenvalue weighted by Gasteiger charge is -2.14. The molecule has 0 aromatic heterocycles. The van der Waals surface area contributed by atoms with E-state index in [-0.39, 0.29) is 10.6 Å². The molecule has 0 saturated carbocycles. The Labute approximate surface area is 88.9 Å². The quantitative estimate of drug-likeness (QED) is 0.493. The molecule has 0 heterocycles. The molecule has 7 heteroatoms. The van der Waals surface area contributed by atoms with Gasteiger partial charge in [-0.3, -0.25) is 0 Å². The summed E-state index contributed by atoms with van der Waals surface area (Å²) in [5.41, 5.74) is 9.34. The average molecular weight is 230 g/mol. The number of nitrogens with one attached hydrogen (secondary N) is 1. The first-order valence-electron chi connectivity index (χ1n) is 4.17. The summed E-state index contributed by atoms with van der Waals surface area (Å²) in [4.78, 5) is -0.0631. The fourth-order valence-electron chi connectivity index (χ4n) is 1.14. The molecule has 0 spiro atoms. The van der Waals surface area contributed by atoms with Crippen molar-refractivity contribution in [1.82, 2.24) is 5.01 Å². The lowest BCUT2D eigenvalue weighted by Crippen LogP contribution is -2.20. The Kier molecular flexibility index (Phi) is 3.18. The Bertz CT molecular complexity index is 456. The minimum atomic E-state index is -3.75. The molecule has 0 aliphatic carbocycles. The monoisotopic (exact) mass is 230 g/mol. The summed E-state index contributed by atoms with van der Waals surface area (Å²) in [5.74, 6) is 0. The number of anilines is 2. The van der Waals surface area contributed by atoms with Gasteiger partial charge in [0.2, 0.25) is 10.0 Å². The van der Waals surface area contributed by atoms with E-state index < -0.39 is 10.0 Å². The van der Waals surface area contributed by atoms with Crippen LogP contribution < -0.4 is 16.3 Å². The molecule has 0 aliphatic rings. The van der Waals surface area contributed by atoms with E-state index in [9.17, 15) is 8.42 Å². The topological polar surface area (TPSA) is 101 Å². The molecule has 0 atom stereocenters. The highest BCUT2D eigenvalue weighted by molar-refractivity contribution is 7.89. The van der Waals surface area contributed by atoms with Crippen molar-refractivity contribution in [2.24, 2.45) is 5.14 Å². The largest absolute Gasteiger partial charge is 0.398 e. The average Bonchev–Trinajstić information content (AvgIpc) is 1.99. The molecule has 0 unspecified atom stereocenters. The van der Waals surface area contributed by atoms with Crippen molar-refractivity contribution in [3.8, 4) is 0 Å². The van der Waals surface area contributed by atoms with E-state index >= 15 is 0 Å². The van der Waals surface area contributed by atoms with Crippen LogP contribution in [0, 0.1) is 0 Å². The number of primary sulfonamides is 1. The van der Waals surface area contributed by atoms with Crippen molar-refractivity contribution in [3.05, 3.63) is 18.2 Å². The molecule has 0 radical (unpaired) electrons. The summed E-state index contributed by atoms with van der Waals surface area (Å²) in [7, 11) is -0.127. The van der Waals surface area contributed by atoms with Crippen LogP contribution in [0.5, 0.6) is 0 Å². The van der Waals surface area contributed by atoms with Gasteiger partial charge in [-0.1, -0.05) is 0 Å². The van der Waals surface area contributed by atoms with Gasteiger partial charge in [-0.25, -0.2) is 18.6 Å². The molecule has 0 amide bonds. The van der Waals surface area contributed by atoms with Crippen LogP contribution in [0.25, 0.3) is 0 Å². The zero-order valence-electron chi connectivity index (χ0n) is 8.56. The smallest absolute Gasteiger partial charge is 0.240 e. The minimum absolute atomic E-state index is 0.0631. The maximum Gasteiger partial charge on any atom is 0.240 e. The van der Waals surface area contributed by atoms with Crippen molar-refractivity contribution < 1.29 is 8.42 Å². The van der Waals surface area contributed by atoms with E-state index in [0.717, 1.165) is 0 Å². The van der Waals surface area contributed by atoms with E-state index in [2.05, 4.69) is 5.43 Å². The van der Waals surface area contributed by atoms with Gasteiger partial charge in [-0.05, 0) is 18.2 Å². The number of benzene rings is 1. The summed E-state index contributed by atoms with van der Waals surface area (Å²) in [6.07, 6.45) is 0. The normalized spacial score (nSPS) is 11.7. The number of nitrogen functional groups attached to an aromatic ring is 1. The first-order chi connectivity index (χ1) is 6.80. The highest BCUT2D eigenvalue weighted by atomic mass is 32.2. The standard InChI is InChI=1S/C8H14N4O2S/c1-12(2)11-6-3-4-8(7(9)5-6)15(10,13)14/h3-5,11H,9H2,1-2H3,(H2,10,13,14). The Morgan fingerprint density at radius 2 is 1.93 bits per heavy atom. The summed E-state index contributed by atoms with van der Waals surface area (Å²) < 4.78 is 22.1. The molecule has 15 heavy (non-hydrogen) atoms. The van der Waals surface area contributed by atoms with Crippen molar-refractivity contribution >= 4 is 21.4 Å². The second-order valence-electron chi connectivity index (χ2n) is 3.30. The summed E-state index contributed by atoms with van der Waals surface area (Å²) in [5, 5.41) is 6.68. The molecule has 1 aromatic rings. The first kappa shape index (κ1) is 11.8. The third-order valence-corrected chi connectivity index (χ3v) is 2.65. The number of hydrogen-bond donors (Lipinski definition) is 3. The number of hydrazine groups is 1. The maximum atomic E-state index is 11.1. The molecule has 5 N–H and O–H groups in total. The van der Waals surface area contributed by atoms with Crippen LogP contribution in [0.4, 0.5) is 11.4 Å². The van der Waals surface area contributed by atoms with Gasteiger partial charge in [0.15, 0.2) is 0 Å². The van der Waals surface area contributed by atoms with Crippen LogP contribution >= 0.6 is 0 Å². The van der Waals surface area contributed by atoms with Crippen LogP contribution in [0.15, 0.2) is 23.1 Å². The van der Waals surface area contributed by atoms with Crippen molar-refractivity contribution in [3.63, 3.8) is 0 Å². The highest BCUT2D eigenvalue weighted by Crippen LogP contribution is 2.21. The van der Waals surface area contributed by atoms with E-state index in [1.807, 2.05) is 14.1 Å². The molecule has 0 aliphatic heterocycles. The number of rotatable bonds is 3. The van der Waals surface area contributed by atoms with Gasteiger partial charge in [0.1, 0.15) is 4.90 Å². The lowest BCUT2D eigenvalue weighted by molar-refractivity contribution is 0.495.